The fraction of sp³-hybridized carbons (Fsp3) is 0.278. The third-order valence-corrected chi connectivity index (χ3v) is 5.68. The smallest absolute Gasteiger partial charge is 0.352 e. The number of amides is 2. The fourth-order valence-electron chi connectivity index (χ4n) is 3.08. The molecule has 8 nitrogen and oxygen atoms in total. The maximum absolute atomic E-state index is 12.5. The van der Waals surface area contributed by atoms with Crippen molar-refractivity contribution in [3.05, 3.63) is 53.3 Å². The number of nitrogens with zero attached hydrogens (tertiary/aromatic N) is 1. The molecule has 9 heteroatoms. The third-order valence-electron chi connectivity index (χ3n) is 4.38. The lowest BCUT2D eigenvalue weighted by molar-refractivity contribution is -0.150. The van der Waals surface area contributed by atoms with E-state index in [2.05, 4.69) is 5.32 Å². The minimum atomic E-state index is -1.18. The molecule has 1 saturated heterocycles. The van der Waals surface area contributed by atoms with Crippen LogP contribution in [0, 0.1) is 0 Å². The molecule has 142 valence electrons. The number of phenolic OH excluding ortho intramolecular Hbond substituents is 1. The zero-order valence-corrected chi connectivity index (χ0v) is 15.3. The number of benzene rings is 1. The summed E-state index contributed by atoms with van der Waals surface area (Å²) in [7, 11) is 0. The number of phenols is 1. The minimum absolute atomic E-state index is 0.0165. The monoisotopic (exact) mass is 389 g/mol. The number of nitrogens with two attached hydrogens (primary N) is 1. The molecule has 0 saturated carbocycles. The second-order valence-electron chi connectivity index (χ2n) is 6.15. The number of β-lactam (4-membered cyclic amide) rings is 1. The molecular formula is C18H19N3O5S. The maximum Gasteiger partial charge on any atom is 0.352 e. The molecule has 1 aromatic carbocycles. The van der Waals surface area contributed by atoms with Crippen molar-refractivity contribution in [3.63, 3.8) is 0 Å². The molecule has 2 unspecified atom stereocenters. The summed E-state index contributed by atoms with van der Waals surface area (Å²) in [6, 6.07) is 4.11. The highest BCUT2D eigenvalue weighted by molar-refractivity contribution is 8.00. The van der Waals surface area contributed by atoms with Crippen molar-refractivity contribution in [2.24, 2.45) is 5.73 Å². The lowest BCUT2D eigenvalue weighted by Gasteiger charge is -2.49. The van der Waals surface area contributed by atoms with E-state index in [0.717, 1.165) is 0 Å². The molecule has 0 bridgehead atoms. The standard InChI is InChI=1S/C18H19N3O5S/c1-2-4-10-8-27-17-13(16(24)21(17)14(10)18(25)26)20-15(23)12(19)9-5-3-6-11(22)7-9/h2-7,12-13,17,22H,8,19H2,1H3,(H,20,23)(H,25,26)/b4-2-/t12?,13?,17-/m1/s1. The van der Waals surface area contributed by atoms with Gasteiger partial charge < -0.3 is 21.3 Å². The fourth-order valence-corrected chi connectivity index (χ4v) is 4.40. The summed E-state index contributed by atoms with van der Waals surface area (Å²) in [5.74, 6) is -1.83. The Balaban J connectivity index is 1.75. The van der Waals surface area contributed by atoms with Crippen LogP contribution in [0.4, 0.5) is 0 Å². The Morgan fingerprint density at radius 3 is 2.81 bits per heavy atom. The number of carboxylic acid groups (broad SMARTS) is 1. The van der Waals surface area contributed by atoms with Gasteiger partial charge in [-0.3, -0.25) is 14.5 Å². The average molecular weight is 389 g/mol. The molecule has 0 aromatic heterocycles. The maximum atomic E-state index is 12.5. The van der Waals surface area contributed by atoms with Gasteiger partial charge in [-0.1, -0.05) is 24.3 Å². The highest BCUT2D eigenvalue weighted by Gasteiger charge is 2.54. The van der Waals surface area contributed by atoms with Crippen LogP contribution in [0.3, 0.4) is 0 Å². The Hall–Kier alpha value is -2.78. The lowest BCUT2D eigenvalue weighted by Crippen LogP contribution is -2.71. The molecule has 2 aliphatic heterocycles. The molecule has 0 spiro atoms. The Morgan fingerprint density at radius 2 is 2.19 bits per heavy atom. The summed E-state index contributed by atoms with van der Waals surface area (Å²) >= 11 is 1.38. The summed E-state index contributed by atoms with van der Waals surface area (Å²) < 4.78 is 0. The van der Waals surface area contributed by atoms with E-state index in [4.69, 9.17) is 5.73 Å². The van der Waals surface area contributed by atoms with E-state index in [1.807, 2.05) is 0 Å². The van der Waals surface area contributed by atoms with Crippen molar-refractivity contribution in [3.8, 4) is 5.75 Å². The highest BCUT2D eigenvalue weighted by atomic mass is 32.2. The lowest BCUT2D eigenvalue weighted by atomic mass is 10.0. The Morgan fingerprint density at radius 1 is 1.44 bits per heavy atom. The van der Waals surface area contributed by atoms with Crippen LogP contribution in [-0.2, 0) is 14.4 Å². The topological polar surface area (TPSA) is 133 Å². The molecule has 0 aliphatic carbocycles. The van der Waals surface area contributed by atoms with Crippen molar-refractivity contribution in [2.75, 3.05) is 5.75 Å². The second-order valence-corrected chi connectivity index (χ2v) is 7.25. The van der Waals surface area contributed by atoms with Gasteiger partial charge in [-0.15, -0.1) is 11.8 Å². The predicted octanol–water partition coefficient (Wildman–Crippen LogP) is 0.707. The van der Waals surface area contributed by atoms with Crippen LogP contribution < -0.4 is 11.1 Å². The van der Waals surface area contributed by atoms with Crippen molar-refractivity contribution < 1.29 is 24.6 Å². The van der Waals surface area contributed by atoms with Crippen LogP contribution in [0.2, 0.25) is 0 Å². The number of aliphatic carboxylic acids is 1. The van der Waals surface area contributed by atoms with Crippen LogP contribution in [0.1, 0.15) is 18.5 Å². The summed E-state index contributed by atoms with van der Waals surface area (Å²) in [6.45, 7) is 1.77. The first-order valence-electron chi connectivity index (χ1n) is 8.24. The molecule has 1 fully saturated rings. The quantitative estimate of drug-likeness (QED) is 0.545. The minimum Gasteiger partial charge on any atom is -0.508 e. The van der Waals surface area contributed by atoms with E-state index in [1.54, 1.807) is 31.2 Å². The number of fused-ring (bicyclic) bond motifs is 1. The van der Waals surface area contributed by atoms with E-state index < -0.39 is 35.2 Å². The third kappa shape index (κ3) is 3.43. The molecule has 3 rings (SSSR count). The largest absolute Gasteiger partial charge is 0.508 e. The van der Waals surface area contributed by atoms with Crippen molar-refractivity contribution in [1.82, 2.24) is 10.2 Å². The number of carboxylic acids is 1. The van der Waals surface area contributed by atoms with Gasteiger partial charge in [-0.05, 0) is 30.2 Å². The molecule has 5 N–H and O–H groups in total. The molecule has 2 heterocycles. The number of allylic oxidation sites excluding steroid dienone is 2. The van der Waals surface area contributed by atoms with Gasteiger partial charge in [-0.2, -0.15) is 0 Å². The van der Waals surface area contributed by atoms with Gasteiger partial charge in [0, 0.05) is 5.75 Å². The SMILES string of the molecule is C/C=C\C1=C(C(=O)O)N2C(=O)C(NC(=O)C(N)c3cccc(O)c3)[C@H]2SC1. The van der Waals surface area contributed by atoms with E-state index >= 15 is 0 Å². The molecule has 3 atom stereocenters. The van der Waals surface area contributed by atoms with Gasteiger partial charge >= 0.3 is 5.97 Å². The van der Waals surface area contributed by atoms with E-state index in [1.165, 1.54) is 28.8 Å². The van der Waals surface area contributed by atoms with Gasteiger partial charge in [-0.25, -0.2) is 4.79 Å². The van der Waals surface area contributed by atoms with Crippen LogP contribution in [-0.4, -0.2) is 50.1 Å². The summed E-state index contributed by atoms with van der Waals surface area (Å²) in [6.07, 6.45) is 3.39. The molecule has 2 aliphatic rings. The molecular weight excluding hydrogens is 370 g/mol. The normalized spacial score (nSPS) is 23.0. The summed E-state index contributed by atoms with van der Waals surface area (Å²) in [4.78, 5) is 37.7. The summed E-state index contributed by atoms with van der Waals surface area (Å²) in [5.41, 5.74) is 6.83. The second kappa shape index (κ2) is 7.45. The van der Waals surface area contributed by atoms with Gasteiger partial charge in [0.1, 0.15) is 28.9 Å². The number of thioether (sulfide) groups is 1. The molecule has 2 amide bonds. The van der Waals surface area contributed by atoms with Gasteiger partial charge in [0.2, 0.25) is 5.91 Å². The van der Waals surface area contributed by atoms with Crippen LogP contribution in [0.25, 0.3) is 0 Å². The number of hydrogen-bond acceptors (Lipinski definition) is 6. The number of hydrogen-bond donors (Lipinski definition) is 4. The van der Waals surface area contributed by atoms with Gasteiger partial charge in [0.05, 0.1) is 0 Å². The van der Waals surface area contributed by atoms with Crippen LogP contribution >= 0.6 is 11.8 Å². The zero-order chi connectivity index (χ0) is 19.7. The van der Waals surface area contributed by atoms with Crippen molar-refractivity contribution in [1.29, 1.82) is 0 Å². The first-order chi connectivity index (χ1) is 12.8. The van der Waals surface area contributed by atoms with Crippen LogP contribution in [0.5, 0.6) is 5.75 Å². The van der Waals surface area contributed by atoms with Crippen LogP contribution in [0.15, 0.2) is 47.7 Å². The first-order valence-corrected chi connectivity index (χ1v) is 9.28. The first kappa shape index (κ1) is 19.0. The van der Waals surface area contributed by atoms with Crippen molar-refractivity contribution in [2.45, 2.75) is 24.4 Å². The average Bonchev–Trinajstić information content (AvgIpc) is 2.64. The Kier molecular flexibility index (Phi) is 5.24. The van der Waals surface area contributed by atoms with E-state index in [-0.39, 0.29) is 11.4 Å². The number of rotatable bonds is 5. The van der Waals surface area contributed by atoms with Gasteiger partial charge in [0.25, 0.3) is 5.91 Å². The number of aromatic hydroxyl groups is 1. The van der Waals surface area contributed by atoms with Gasteiger partial charge in [0.15, 0.2) is 0 Å². The highest BCUT2D eigenvalue weighted by Crippen LogP contribution is 2.40. The zero-order valence-electron chi connectivity index (χ0n) is 14.5. The number of nitrogens with one attached hydrogen (secondary N) is 1. The predicted molar refractivity (Wildman–Crippen MR) is 99.5 cm³/mol. The Labute approximate surface area is 159 Å². The summed E-state index contributed by atoms with van der Waals surface area (Å²) in [5, 5.41) is 21.1. The van der Waals surface area contributed by atoms with E-state index in [9.17, 15) is 24.6 Å². The molecule has 1 aromatic rings. The van der Waals surface area contributed by atoms with E-state index in [0.29, 0.717) is 16.9 Å². The number of carbonyl (C=O) groups excluding carboxylic acids is 2. The number of carbonyl (C=O) groups is 3. The molecule has 27 heavy (non-hydrogen) atoms. The Bertz CT molecular complexity index is 866. The molecule has 0 radical (unpaired) electrons. The van der Waals surface area contributed by atoms with Crippen molar-refractivity contribution >= 4 is 29.5 Å².